The summed E-state index contributed by atoms with van der Waals surface area (Å²) in [7, 11) is 4.76. The second-order valence-corrected chi connectivity index (χ2v) is 4.31. The Morgan fingerprint density at radius 2 is 1.74 bits per heavy atom. The Balaban J connectivity index is 3.38. The predicted molar refractivity (Wildman–Crippen MR) is 75.6 cm³/mol. The maximum absolute atomic E-state index is 5.62. The first-order valence-corrected chi connectivity index (χ1v) is 5.99. The zero-order valence-corrected chi connectivity index (χ0v) is 12.1. The molecule has 0 aliphatic heterocycles. The molecule has 0 fully saturated rings. The molecule has 0 heterocycles. The molecule has 0 aliphatic carbocycles. The average Bonchev–Trinajstić information content (AvgIpc) is 2.42. The van der Waals surface area contributed by atoms with Gasteiger partial charge in [0.2, 0.25) is 5.75 Å². The van der Waals surface area contributed by atoms with E-state index in [2.05, 4.69) is 5.43 Å². The third kappa shape index (κ3) is 3.39. The Labute approximate surface area is 114 Å². The van der Waals surface area contributed by atoms with Gasteiger partial charge in [0.05, 0.1) is 27.4 Å². The second kappa shape index (κ2) is 7.01. The third-order valence-corrected chi connectivity index (χ3v) is 2.75. The van der Waals surface area contributed by atoms with E-state index in [0.29, 0.717) is 17.2 Å². The van der Waals surface area contributed by atoms with Crippen LogP contribution in [0, 0.1) is 0 Å². The molecule has 19 heavy (non-hydrogen) atoms. The van der Waals surface area contributed by atoms with E-state index >= 15 is 0 Å². The molecule has 1 unspecified atom stereocenters. The summed E-state index contributed by atoms with van der Waals surface area (Å²) in [6, 6.07) is 3.59. The van der Waals surface area contributed by atoms with Crippen molar-refractivity contribution < 1.29 is 14.2 Å². The van der Waals surface area contributed by atoms with E-state index in [9.17, 15) is 0 Å². The molecule has 5 heteroatoms. The van der Waals surface area contributed by atoms with E-state index < -0.39 is 0 Å². The number of benzene rings is 1. The molecule has 1 aromatic carbocycles. The van der Waals surface area contributed by atoms with Crippen LogP contribution in [-0.2, 0) is 0 Å². The van der Waals surface area contributed by atoms with Gasteiger partial charge in [0.1, 0.15) is 0 Å². The van der Waals surface area contributed by atoms with Crippen molar-refractivity contribution in [3.05, 3.63) is 29.3 Å². The van der Waals surface area contributed by atoms with Gasteiger partial charge in [0.15, 0.2) is 11.5 Å². The van der Waals surface area contributed by atoms with Crippen LogP contribution >= 0.6 is 0 Å². The molecule has 5 nitrogen and oxygen atoms in total. The van der Waals surface area contributed by atoms with Gasteiger partial charge in [-0.1, -0.05) is 11.6 Å². The zero-order valence-electron chi connectivity index (χ0n) is 12.1. The zero-order chi connectivity index (χ0) is 14.4. The Morgan fingerprint density at radius 1 is 1.11 bits per heavy atom. The van der Waals surface area contributed by atoms with Gasteiger partial charge in [-0.2, -0.15) is 0 Å². The van der Waals surface area contributed by atoms with E-state index in [4.69, 9.17) is 20.1 Å². The minimum absolute atomic E-state index is 0.153. The number of methoxy groups -OCH3 is 3. The molecule has 0 radical (unpaired) electrons. The van der Waals surface area contributed by atoms with Gasteiger partial charge >= 0.3 is 0 Å². The molecule has 1 aromatic rings. The van der Waals surface area contributed by atoms with Gasteiger partial charge in [-0.25, -0.2) is 5.43 Å². The maximum Gasteiger partial charge on any atom is 0.203 e. The lowest BCUT2D eigenvalue weighted by Gasteiger charge is -2.20. The number of hydrogen-bond acceptors (Lipinski definition) is 5. The standard InChI is InChI=1S/C14H22N2O3/c1-9(2)8-11(16-15)10-6-7-12(17-3)14(19-5)13(10)18-4/h6-8,11,16H,15H2,1-5H3. The Kier molecular flexibility index (Phi) is 5.66. The van der Waals surface area contributed by atoms with Crippen molar-refractivity contribution in [1.82, 2.24) is 5.43 Å². The van der Waals surface area contributed by atoms with Crippen molar-refractivity contribution in [3.63, 3.8) is 0 Å². The van der Waals surface area contributed by atoms with Gasteiger partial charge in [0, 0.05) is 5.56 Å². The molecule has 0 amide bonds. The van der Waals surface area contributed by atoms with Crippen molar-refractivity contribution in [1.29, 1.82) is 0 Å². The molecule has 0 aliphatic rings. The summed E-state index contributed by atoms with van der Waals surface area (Å²) in [4.78, 5) is 0. The van der Waals surface area contributed by atoms with Crippen LogP contribution < -0.4 is 25.5 Å². The maximum atomic E-state index is 5.62. The topological polar surface area (TPSA) is 65.7 Å². The molecular weight excluding hydrogens is 244 g/mol. The Morgan fingerprint density at radius 3 is 2.16 bits per heavy atom. The fourth-order valence-corrected chi connectivity index (χ4v) is 1.93. The lowest BCUT2D eigenvalue weighted by molar-refractivity contribution is 0.320. The number of rotatable bonds is 6. The predicted octanol–water partition coefficient (Wildman–Crippen LogP) is 2.18. The van der Waals surface area contributed by atoms with Crippen LogP contribution in [0.25, 0.3) is 0 Å². The molecule has 0 saturated heterocycles. The molecule has 0 saturated carbocycles. The van der Waals surface area contributed by atoms with E-state index in [1.54, 1.807) is 21.3 Å². The first-order chi connectivity index (χ1) is 9.08. The number of hydrogen-bond donors (Lipinski definition) is 2. The first kappa shape index (κ1) is 15.3. The number of ether oxygens (including phenoxy) is 3. The minimum Gasteiger partial charge on any atom is -0.493 e. The van der Waals surface area contributed by atoms with Crippen molar-refractivity contribution in [2.24, 2.45) is 5.84 Å². The fraction of sp³-hybridized carbons (Fsp3) is 0.429. The number of allylic oxidation sites excluding steroid dienone is 1. The van der Waals surface area contributed by atoms with Gasteiger partial charge in [0.25, 0.3) is 0 Å². The molecule has 0 bridgehead atoms. The minimum atomic E-state index is -0.153. The monoisotopic (exact) mass is 266 g/mol. The van der Waals surface area contributed by atoms with Crippen LogP contribution in [-0.4, -0.2) is 21.3 Å². The summed E-state index contributed by atoms with van der Waals surface area (Å²) in [6.45, 7) is 4.02. The summed E-state index contributed by atoms with van der Waals surface area (Å²) in [5.41, 5.74) is 4.81. The molecule has 106 valence electrons. The lowest BCUT2D eigenvalue weighted by atomic mass is 10.0. The van der Waals surface area contributed by atoms with Crippen LogP contribution in [0.15, 0.2) is 23.8 Å². The molecular formula is C14H22N2O3. The highest BCUT2D eigenvalue weighted by atomic mass is 16.5. The highest BCUT2D eigenvalue weighted by molar-refractivity contribution is 5.57. The van der Waals surface area contributed by atoms with E-state index in [-0.39, 0.29) is 6.04 Å². The fourth-order valence-electron chi connectivity index (χ4n) is 1.93. The van der Waals surface area contributed by atoms with Crippen LogP contribution in [0.1, 0.15) is 25.5 Å². The summed E-state index contributed by atoms with van der Waals surface area (Å²) < 4.78 is 16.1. The van der Waals surface area contributed by atoms with Gasteiger partial charge in [-0.3, -0.25) is 5.84 Å². The molecule has 0 aromatic heterocycles. The first-order valence-electron chi connectivity index (χ1n) is 5.99. The quantitative estimate of drug-likeness (QED) is 0.469. The molecule has 1 rings (SSSR count). The van der Waals surface area contributed by atoms with Gasteiger partial charge < -0.3 is 14.2 Å². The third-order valence-electron chi connectivity index (χ3n) is 2.75. The summed E-state index contributed by atoms with van der Waals surface area (Å²) in [5, 5.41) is 0. The van der Waals surface area contributed by atoms with Crippen LogP contribution in [0.5, 0.6) is 17.2 Å². The number of nitrogens with two attached hydrogens (primary N) is 1. The normalized spacial score (nSPS) is 11.7. The van der Waals surface area contributed by atoms with Gasteiger partial charge in [-0.15, -0.1) is 0 Å². The van der Waals surface area contributed by atoms with Crippen LogP contribution in [0.4, 0.5) is 0 Å². The summed E-state index contributed by atoms with van der Waals surface area (Å²) in [5.74, 6) is 7.41. The van der Waals surface area contributed by atoms with Crippen molar-refractivity contribution in [2.45, 2.75) is 19.9 Å². The smallest absolute Gasteiger partial charge is 0.203 e. The molecule has 3 N–H and O–H groups in total. The lowest BCUT2D eigenvalue weighted by Crippen LogP contribution is -2.27. The average molecular weight is 266 g/mol. The van der Waals surface area contributed by atoms with Crippen LogP contribution in [0.3, 0.4) is 0 Å². The van der Waals surface area contributed by atoms with Crippen molar-refractivity contribution in [3.8, 4) is 17.2 Å². The Bertz CT molecular complexity index is 454. The summed E-state index contributed by atoms with van der Waals surface area (Å²) >= 11 is 0. The SMILES string of the molecule is COc1ccc(C(C=C(C)C)NN)c(OC)c1OC. The van der Waals surface area contributed by atoms with Crippen LogP contribution in [0.2, 0.25) is 0 Å². The number of nitrogens with one attached hydrogen (secondary N) is 1. The second-order valence-electron chi connectivity index (χ2n) is 4.31. The van der Waals surface area contributed by atoms with Gasteiger partial charge in [-0.05, 0) is 26.0 Å². The molecule has 1 atom stereocenters. The van der Waals surface area contributed by atoms with E-state index in [1.807, 2.05) is 32.1 Å². The van der Waals surface area contributed by atoms with Crippen molar-refractivity contribution >= 4 is 0 Å². The van der Waals surface area contributed by atoms with E-state index in [0.717, 1.165) is 11.1 Å². The summed E-state index contributed by atoms with van der Waals surface area (Å²) in [6.07, 6.45) is 2.02. The highest BCUT2D eigenvalue weighted by Gasteiger charge is 2.20. The van der Waals surface area contributed by atoms with Crippen molar-refractivity contribution in [2.75, 3.05) is 21.3 Å². The number of hydrazine groups is 1. The Hall–Kier alpha value is -1.72. The van der Waals surface area contributed by atoms with E-state index in [1.165, 1.54) is 0 Å². The molecule has 0 spiro atoms. The largest absolute Gasteiger partial charge is 0.493 e. The highest BCUT2D eigenvalue weighted by Crippen LogP contribution is 2.42.